The van der Waals surface area contributed by atoms with Crippen molar-refractivity contribution in [3.63, 3.8) is 0 Å². The smallest absolute Gasteiger partial charge is 0.272 e. The van der Waals surface area contributed by atoms with Crippen LogP contribution in [0, 0.1) is 25.7 Å². The Labute approximate surface area is 868 Å². The zero-order chi connectivity index (χ0) is 105. The largest absolute Gasteiger partial charge is 0.493 e. The number of nitrogens with zero attached hydrogens (tertiary/aromatic N) is 5. The highest BCUT2D eigenvalue weighted by atomic mass is 32.2. The first-order chi connectivity index (χ1) is 71.7. The lowest BCUT2D eigenvalue weighted by Crippen LogP contribution is -2.47. The van der Waals surface area contributed by atoms with Crippen LogP contribution in [-0.4, -0.2) is 148 Å². The molecule has 10 aromatic rings. The third-order valence-electron chi connectivity index (χ3n) is 29.6. The molecule has 1 unspecified atom stereocenters. The van der Waals surface area contributed by atoms with E-state index in [1.807, 2.05) is 157 Å². The number of Topliss-reactive ketones (excluding diaryl/α,β-unsaturated/α-hetero) is 4. The summed E-state index contributed by atoms with van der Waals surface area (Å²) in [5.74, 6) is -1.11. The van der Waals surface area contributed by atoms with Crippen molar-refractivity contribution in [3.05, 3.63) is 277 Å². The van der Waals surface area contributed by atoms with Gasteiger partial charge in [0.05, 0.1) is 56.7 Å². The van der Waals surface area contributed by atoms with E-state index < -0.39 is 51.2 Å². The number of methoxy groups -OCH3 is 2. The number of nitrogens with one attached hydrogen (secondary N) is 4. The third-order valence-corrected chi connectivity index (χ3v) is 31.3. The Morgan fingerprint density at radius 3 is 1.22 bits per heavy atom. The molecular weight excluding hydrogens is 1910 g/mol. The van der Waals surface area contributed by atoms with Gasteiger partial charge < -0.3 is 64.4 Å². The molecule has 4 N–H and O–H groups in total. The van der Waals surface area contributed by atoms with Crippen molar-refractivity contribution < 1.29 is 98.6 Å². The summed E-state index contributed by atoms with van der Waals surface area (Å²) in [7, 11) is 0.0914. The molecule has 0 fully saturated rings. The van der Waals surface area contributed by atoms with Gasteiger partial charge in [0, 0.05) is 145 Å². The van der Waals surface area contributed by atoms with Crippen LogP contribution >= 0.6 is 0 Å². The number of aliphatic imine (C=N–C) groups is 1. The summed E-state index contributed by atoms with van der Waals surface area (Å²) >= 11 is 0. The number of aryl methyl sites for hydroxylation is 4. The Morgan fingerprint density at radius 2 is 0.779 bits per heavy atom. The van der Waals surface area contributed by atoms with Crippen LogP contribution in [0.4, 0.5) is 39.8 Å². The monoisotopic (exact) mass is 2040 g/mol. The van der Waals surface area contributed by atoms with Crippen LogP contribution in [0.15, 0.2) is 187 Å². The average molecular weight is 2040 g/mol. The highest BCUT2D eigenvalue weighted by molar-refractivity contribution is 7.87. The van der Waals surface area contributed by atoms with Gasteiger partial charge >= 0.3 is 0 Å². The fraction of sp³-hybridized carbons (Fsp3) is 0.381. The average Bonchev–Trinajstić information content (AvgIpc) is 1.58. The fourth-order valence-electron chi connectivity index (χ4n) is 21.4. The minimum atomic E-state index is -4.11. The zero-order valence-corrected chi connectivity index (χ0v) is 86.8. The molecule has 9 atom stereocenters. The van der Waals surface area contributed by atoms with Crippen LogP contribution in [0.2, 0.25) is 0 Å². The predicted molar refractivity (Wildman–Crippen MR) is 567 cm³/mol. The van der Waals surface area contributed by atoms with E-state index in [0.29, 0.717) is 190 Å². The number of ether oxygens (including phenoxy) is 6. The molecule has 30 nitrogen and oxygen atoms in total. The SMILES string of the molecule is CCC(=O)CCCCC(=O)N[C@@H](C)C(=O)C[C@@H](C)C(=O)Nc1cc(COc2cc3c(cc2C)C(=O)N2c4ccccc4C[C@H]2C(S(=O)(=O)OC)C3)cc(COc2cc3c(cc2OC)C(=O)N2c4ccccc4C[C@H]2CC3)c1.CCC(=O)CCCCC(=O)N[C@@H](C)C(=O)C[C@@H](C)C(=O)Nc1cc(COc2cc3c(cc2C)C(=O)N2c4ccccc4C[C@H]2C=N3)cc(COc2cc3c(cc2OC)C(=O)N2c4ccccc4C[C@H]2CC3)c1. The second kappa shape index (κ2) is 46.2. The number of rotatable bonds is 40. The number of carbonyl (C=O) groups is 12. The van der Waals surface area contributed by atoms with E-state index in [9.17, 15) is 66.0 Å². The molecule has 776 valence electrons. The van der Waals surface area contributed by atoms with Crippen LogP contribution in [-0.2, 0) is 124 Å². The van der Waals surface area contributed by atoms with Gasteiger partial charge in [0.25, 0.3) is 33.7 Å². The highest BCUT2D eigenvalue weighted by Gasteiger charge is 2.49. The Balaban J connectivity index is 0.000000203. The van der Waals surface area contributed by atoms with Gasteiger partial charge in [-0.15, -0.1) is 0 Å². The van der Waals surface area contributed by atoms with E-state index in [2.05, 4.69) is 33.4 Å². The number of benzene rings is 10. The Bertz CT molecular complexity index is 7090. The second-order valence-corrected chi connectivity index (χ2v) is 42.0. The lowest BCUT2D eigenvalue weighted by molar-refractivity contribution is -0.129. The van der Waals surface area contributed by atoms with Gasteiger partial charge in [-0.3, -0.25) is 71.6 Å². The molecule has 0 aliphatic carbocycles. The van der Waals surface area contributed by atoms with Crippen LogP contribution < -0.4 is 69.3 Å². The molecule has 0 radical (unpaired) electrons. The number of anilines is 6. The van der Waals surface area contributed by atoms with Gasteiger partial charge in [0.2, 0.25) is 23.6 Å². The van der Waals surface area contributed by atoms with Crippen molar-refractivity contribution in [2.45, 2.75) is 258 Å². The van der Waals surface area contributed by atoms with Gasteiger partial charge in [-0.05, 0) is 280 Å². The molecule has 0 bridgehead atoms. The quantitative estimate of drug-likeness (QED) is 0.0205. The molecule has 8 heterocycles. The van der Waals surface area contributed by atoms with Crippen LogP contribution in [0.3, 0.4) is 0 Å². The molecule has 149 heavy (non-hydrogen) atoms. The van der Waals surface area contributed by atoms with Crippen molar-refractivity contribution >= 4 is 127 Å². The van der Waals surface area contributed by atoms with Gasteiger partial charge in [0.1, 0.15) is 54.7 Å². The van der Waals surface area contributed by atoms with E-state index in [-0.39, 0.29) is 141 Å². The van der Waals surface area contributed by atoms with Gasteiger partial charge in [-0.1, -0.05) is 100 Å². The standard InChI is InChI=1S/C60H66N4O12S.C58H61N5O9/c1-7-46(65)16-10-13-19-57(67)61-37(4)52(66)23-36(3)58(68)62-44-25-38(24-39(26-44)34-76-55-29-40-20-21-45-27-41-14-8-11-17-49(41)63(45)59(69)48(40)32-54(55)73-5)33-75-53-30-43-31-56(77(71,72)74-6)51-28-42-15-9-12-18-50(42)64(51)60(70)47(43)22-35(53)2;1-6-45(64)15-9-12-18-55(66)60-36(4)51(65)22-35(3)56(67)61-42-24-37(32-71-52-30-48-47(21-34(52)2)58(69)63-44(31-59-48)27-41-14-8-11-17-50(41)63)23-38(25-42)33-72-54-28-39-19-20-43-26-40-13-7-10-16-49(40)62(43)57(68)46(39)29-53(54)70-5/h8-9,11-12,14-15,17-18,22,24-26,29-30,32,36-37,45,51,56H,7,10,13,16,19-21,23,27-28,31,33-34H2,1-6H3,(H,61,67)(H,62,68);7-8,10-11,13-14,16-17,21,23-25,28-31,35-36,43-44H,6,9,12,15,18-20,22,26-27,32-33H2,1-5H3,(H,60,66)(H,61,67)/t36-,37+,45-,51+,56?;35-,36+,43-,44+/m11/s1. The molecule has 0 saturated heterocycles. The first kappa shape index (κ1) is 105. The molecule has 31 heteroatoms. The van der Waals surface area contributed by atoms with Gasteiger partial charge in [-0.25, -0.2) is 0 Å². The van der Waals surface area contributed by atoms with Crippen LogP contribution in [0.25, 0.3) is 0 Å². The normalized spacial score (nSPS) is 17.5. The lowest BCUT2D eigenvalue weighted by atomic mass is 9.97. The third kappa shape index (κ3) is 23.6. The van der Waals surface area contributed by atoms with Crippen molar-refractivity contribution in [3.8, 4) is 34.5 Å². The van der Waals surface area contributed by atoms with Gasteiger partial charge in [-0.2, -0.15) is 8.42 Å². The number of hydrogen-bond acceptors (Lipinski definition) is 22. The molecule has 0 spiro atoms. The Morgan fingerprint density at radius 1 is 0.403 bits per heavy atom. The molecule has 8 aliphatic rings. The minimum absolute atomic E-state index is 0.00723. The van der Waals surface area contributed by atoms with Crippen molar-refractivity contribution in [1.82, 2.24) is 10.6 Å². The Hall–Kier alpha value is -15.0. The number of carbonyl (C=O) groups excluding carboxylic acids is 12. The van der Waals surface area contributed by atoms with E-state index in [4.69, 9.17) is 37.6 Å². The van der Waals surface area contributed by atoms with Crippen molar-refractivity contribution in [2.24, 2.45) is 16.8 Å². The summed E-state index contributed by atoms with van der Waals surface area (Å²) in [4.78, 5) is 171. The number of hydrogen-bond donors (Lipinski definition) is 4. The Kier molecular flexibility index (Phi) is 32.7. The summed E-state index contributed by atoms with van der Waals surface area (Å²) in [5.41, 5.74) is 17.4. The number of ketones is 4. The summed E-state index contributed by atoms with van der Waals surface area (Å²) < 4.78 is 69.9. The molecule has 10 aromatic carbocycles. The second-order valence-electron chi connectivity index (χ2n) is 40.1. The summed E-state index contributed by atoms with van der Waals surface area (Å²) in [6.45, 7) is 14.0. The summed E-state index contributed by atoms with van der Waals surface area (Å²) in [6.07, 6.45) is 11.6. The summed E-state index contributed by atoms with van der Waals surface area (Å²) in [5, 5.41) is 10.4. The maximum atomic E-state index is 14.4. The maximum absolute atomic E-state index is 14.4. The van der Waals surface area contributed by atoms with E-state index >= 15 is 0 Å². The van der Waals surface area contributed by atoms with Gasteiger partial charge in [0.15, 0.2) is 34.6 Å². The highest BCUT2D eigenvalue weighted by Crippen LogP contribution is 2.47. The predicted octanol–water partition coefficient (Wildman–Crippen LogP) is 18.3. The molecule has 0 aromatic heterocycles. The van der Waals surface area contributed by atoms with Crippen molar-refractivity contribution in [2.75, 3.05) is 51.6 Å². The topological polar surface area (TPSA) is 377 Å². The van der Waals surface area contributed by atoms with E-state index in [1.54, 1.807) is 101 Å². The number of fused-ring (bicyclic) bond motifs is 16. The zero-order valence-electron chi connectivity index (χ0n) is 86.0. The molecule has 18 rings (SSSR count). The van der Waals surface area contributed by atoms with E-state index in [1.165, 1.54) is 12.7 Å². The number of para-hydroxylation sites is 4. The first-order valence-electron chi connectivity index (χ1n) is 51.5. The molecular formula is C118H127N9O21S. The minimum Gasteiger partial charge on any atom is -0.493 e. The van der Waals surface area contributed by atoms with Crippen molar-refractivity contribution in [1.29, 1.82) is 0 Å². The van der Waals surface area contributed by atoms with E-state index in [0.717, 1.165) is 83.2 Å². The van der Waals surface area contributed by atoms with Crippen LogP contribution in [0.1, 0.15) is 245 Å². The van der Waals surface area contributed by atoms with Crippen LogP contribution in [0.5, 0.6) is 34.5 Å². The number of amides is 8. The molecule has 8 aliphatic heterocycles. The lowest BCUT2D eigenvalue weighted by Gasteiger charge is -2.28. The first-order valence-corrected chi connectivity index (χ1v) is 53.0. The maximum Gasteiger partial charge on any atom is 0.272 e. The fourth-order valence-corrected chi connectivity index (χ4v) is 22.6. The number of unbranched alkanes of at least 4 members (excludes halogenated alkanes) is 2. The molecule has 8 amide bonds. The summed E-state index contributed by atoms with van der Waals surface area (Å²) in [6, 6.07) is 54.3. The molecule has 0 saturated carbocycles.